The van der Waals surface area contributed by atoms with Crippen molar-refractivity contribution in [2.45, 2.75) is 19.5 Å². The van der Waals surface area contributed by atoms with E-state index in [0.717, 1.165) is 11.6 Å². The smallest absolute Gasteiger partial charge is 0.317 e. The van der Waals surface area contributed by atoms with Gasteiger partial charge in [0.05, 0.1) is 12.6 Å². The second-order valence-corrected chi connectivity index (χ2v) is 5.82. The number of urea groups is 1. The van der Waals surface area contributed by atoms with Gasteiger partial charge in [-0.3, -0.25) is 4.90 Å². The van der Waals surface area contributed by atoms with E-state index in [4.69, 9.17) is 4.74 Å². The van der Waals surface area contributed by atoms with E-state index in [1.807, 2.05) is 6.92 Å². The van der Waals surface area contributed by atoms with Crippen molar-refractivity contribution in [3.8, 4) is 0 Å². The largest absolute Gasteiger partial charge is 0.383 e. The molecular weight excluding hydrogens is 304 g/mol. The van der Waals surface area contributed by atoms with Gasteiger partial charge in [-0.1, -0.05) is 6.07 Å². The summed E-state index contributed by atoms with van der Waals surface area (Å²) in [6.07, 6.45) is 0. The lowest BCUT2D eigenvalue weighted by Crippen LogP contribution is -2.53. The Morgan fingerprint density at radius 3 is 2.57 bits per heavy atom. The van der Waals surface area contributed by atoms with Crippen molar-refractivity contribution in [2.75, 3.05) is 39.9 Å². The lowest BCUT2D eigenvalue weighted by Gasteiger charge is -2.35. The zero-order valence-corrected chi connectivity index (χ0v) is 13.5. The zero-order valence-electron chi connectivity index (χ0n) is 13.5. The number of carbonyl (C=O) groups excluding carboxylic acids is 1. The highest BCUT2D eigenvalue weighted by atomic mass is 19.2. The summed E-state index contributed by atoms with van der Waals surface area (Å²) in [4.78, 5) is 16.0. The van der Waals surface area contributed by atoms with Crippen molar-refractivity contribution in [3.05, 3.63) is 35.4 Å². The molecule has 5 nitrogen and oxygen atoms in total. The van der Waals surface area contributed by atoms with Crippen LogP contribution in [-0.4, -0.2) is 61.8 Å². The number of hydrogen-bond donors (Lipinski definition) is 1. The van der Waals surface area contributed by atoms with Crippen molar-refractivity contribution in [2.24, 2.45) is 0 Å². The van der Waals surface area contributed by atoms with Crippen LogP contribution in [0.4, 0.5) is 13.6 Å². The Kier molecular flexibility index (Phi) is 6.29. The number of nitrogens with one attached hydrogen (secondary N) is 1. The van der Waals surface area contributed by atoms with Crippen molar-refractivity contribution < 1.29 is 18.3 Å². The normalized spacial score (nSPS) is 17.1. The van der Waals surface area contributed by atoms with Gasteiger partial charge in [0.1, 0.15) is 0 Å². The fraction of sp³-hybridized carbons (Fsp3) is 0.562. The van der Waals surface area contributed by atoms with Gasteiger partial charge < -0.3 is 15.0 Å². The topological polar surface area (TPSA) is 44.8 Å². The van der Waals surface area contributed by atoms with E-state index in [9.17, 15) is 13.6 Å². The number of halogens is 2. The van der Waals surface area contributed by atoms with E-state index in [1.165, 1.54) is 6.07 Å². The molecule has 1 saturated heterocycles. The summed E-state index contributed by atoms with van der Waals surface area (Å²) in [5, 5.41) is 2.88. The Morgan fingerprint density at radius 1 is 1.26 bits per heavy atom. The Morgan fingerprint density at radius 2 is 1.96 bits per heavy atom. The predicted molar refractivity (Wildman–Crippen MR) is 83.1 cm³/mol. The maximum atomic E-state index is 13.2. The van der Waals surface area contributed by atoms with Gasteiger partial charge in [0.15, 0.2) is 11.6 Å². The minimum atomic E-state index is -0.833. The number of piperazine rings is 1. The molecule has 1 aromatic rings. The van der Waals surface area contributed by atoms with Crippen LogP contribution in [-0.2, 0) is 11.3 Å². The van der Waals surface area contributed by atoms with Gasteiger partial charge in [-0.15, -0.1) is 0 Å². The number of rotatable bonds is 5. The van der Waals surface area contributed by atoms with Gasteiger partial charge in [0, 0.05) is 39.8 Å². The van der Waals surface area contributed by atoms with Crippen molar-refractivity contribution in [1.82, 2.24) is 15.1 Å². The lowest BCUT2D eigenvalue weighted by molar-refractivity contribution is 0.126. The fourth-order valence-electron chi connectivity index (χ4n) is 2.60. The fourth-order valence-corrected chi connectivity index (χ4v) is 2.60. The molecule has 2 rings (SSSR count). The standard InChI is InChI=1S/C16H23F2N3O2/c1-12(11-23-2)19-16(22)21-7-5-20(6-8-21)10-13-3-4-14(17)15(18)9-13/h3-4,9,12H,5-8,10-11H2,1-2H3,(H,19,22)/t12-/m0/s1. The van der Waals surface area contributed by atoms with E-state index in [1.54, 1.807) is 18.1 Å². The zero-order chi connectivity index (χ0) is 16.8. The van der Waals surface area contributed by atoms with Crippen LogP contribution in [0.25, 0.3) is 0 Å². The molecule has 2 amide bonds. The molecule has 1 atom stereocenters. The van der Waals surface area contributed by atoms with E-state index in [0.29, 0.717) is 39.3 Å². The van der Waals surface area contributed by atoms with Crippen molar-refractivity contribution in [3.63, 3.8) is 0 Å². The highest BCUT2D eigenvalue weighted by molar-refractivity contribution is 5.74. The molecule has 1 aliphatic rings. The predicted octanol–water partition coefficient (Wildman–Crippen LogP) is 1.83. The average Bonchev–Trinajstić information content (AvgIpc) is 2.52. The van der Waals surface area contributed by atoms with Gasteiger partial charge in [0.2, 0.25) is 0 Å². The number of benzene rings is 1. The summed E-state index contributed by atoms with van der Waals surface area (Å²) in [5.74, 6) is -1.66. The first-order valence-electron chi connectivity index (χ1n) is 7.70. The highest BCUT2D eigenvalue weighted by Crippen LogP contribution is 2.12. The van der Waals surface area contributed by atoms with E-state index in [2.05, 4.69) is 10.2 Å². The van der Waals surface area contributed by atoms with E-state index < -0.39 is 11.6 Å². The van der Waals surface area contributed by atoms with Crippen LogP contribution in [0, 0.1) is 11.6 Å². The first-order chi connectivity index (χ1) is 11.0. The Bertz CT molecular complexity index is 534. The molecule has 1 fully saturated rings. The minimum absolute atomic E-state index is 0.0345. The molecule has 0 saturated carbocycles. The monoisotopic (exact) mass is 327 g/mol. The van der Waals surface area contributed by atoms with E-state index in [-0.39, 0.29) is 12.1 Å². The van der Waals surface area contributed by atoms with Crippen molar-refractivity contribution >= 4 is 6.03 Å². The number of carbonyl (C=O) groups is 1. The third-order valence-corrected chi connectivity index (χ3v) is 3.84. The number of hydrogen-bond acceptors (Lipinski definition) is 3. The molecule has 1 heterocycles. The summed E-state index contributed by atoms with van der Waals surface area (Å²) in [6.45, 7) is 5.52. The number of ether oxygens (including phenoxy) is 1. The molecule has 0 aliphatic carbocycles. The van der Waals surface area contributed by atoms with Crippen LogP contribution in [0.5, 0.6) is 0 Å². The summed E-state index contributed by atoms with van der Waals surface area (Å²) in [6, 6.07) is 3.82. The Labute approximate surface area is 135 Å². The van der Waals surface area contributed by atoms with Crippen LogP contribution in [0.1, 0.15) is 12.5 Å². The number of nitrogens with zero attached hydrogens (tertiary/aromatic N) is 2. The van der Waals surface area contributed by atoms with Crippen LogP contribution < -0.4 is 5.32 Å². The summed E-state index contributed by atoms with van der Waals surface area (Å²) in [7, 11) is 1.60. The van der Waals surface area contributed by atoms with Crippen LogP contribution in [0.15, 0.2) is 18.2 Å². The SMILES string of the molecule is COC[C@H](C)NC(=O)N1CCN(Cc2ccc(F)c(F)c2)CC1. The molecule has 0 bridgehead atoms. The van der Waals surface area contributed by atoms with Crippen LogP contribution >= 0.6 is 0 Å². The molecule has 1 N–H and O–H groups in total. The molecular formula is C16H23F2N3O2. The maximum absolute atomic E-state index is 13.2. The van der Waals surface area contributed by atoms with Gasteiger partial charge in [-0.2, -0.15) is 0 Å². The first kappa shape index (κ1) is 17.6. The van der Waals surface area contributed by atoms with Crippen molar-refractivity contribution in [1.29, 1.82) is 0 Å². The molecule has 128 valence electrons. The molecule has 0 unspecified atom stereocenters. The minimum Gasteiger partial charge on any atom is -0.383 e. The van der Waals surface area contributed by atoms with Gasteiger partial charge in [-0.05, 0) is 24.6 Å². The van der Waals surface area contributed by atoms with Gasteiger partial charge >= 0.3 is 6.03 Å². The highest BCUT2D eigenvalue weighted by Gasteiger charge is 2.22. The third-order valence-electron chi connectivity index (χ3n) is 3.84. The van der Waals surface area contributed by atoms with Crippen LogP contribution in [0.2, 0.25) is 0 Å². The van der Waals surface area contributed by atoms with Crippen LogP contribution in [0.3, 0.4) is 0 Å². The number of methoxy groups -OCH3 is 1. The Balaban J connectivity index is 1.79. The summed E-state index contributed by atoms with van der Waals surface area (Å²) in [5.41, 5.74) is 0.732. The Hall–Kier alpha value is -1.73. The number of amides is 2. The van der Waals surface area contributed by atoms with E-state index >= 15 is 0 Å². The second kappa shape index (κ2) is 8.21. The molecule has 23 heavy (non-hydrogen) atoms. The maximum Gasteiger partial charge on any atom is 0.317 e. The second-order valence-electron chi connectivity index (χ2n) is 5.82. The first-order valence-corrected chi connectivity index (χ1v) is 7.70. The van der Waals surface area contributed by atoms with Gasteiger partial charge in [-0.25, -0.2) is 13.6 Å². The molecule has 0 radical (unpaired) electrons. The average molecular weight is 327 g/mol. The molecule has 7 heteroatoms. The summed E-state index contributed by atoms with van der Waals surface area (Å²) >= 11 is 0. The van der Waals surface area contributed by atoms with Gasteiger partial charge in [0.25, 0.3) is 0 Å². The quantitative estimate of drug-likeness (QED) is 0.897. The molecule has 0 spiro atoms. The lowest BCUT2D eigenvalue weighted by atomic mass is 10.2. The molecule has 1 aromatic carbocycles. The molecule has 0 aromatic heterocycles. The third kappa shape index (κ3) is 5.14. The molecule has 1 aliphatic heterocycles. The summed E-state index contributed by atoms with van der Waals surface area (Å²) < 4.78 is 31.1.